The monoisotopic (exact) mass is 237 g/mol. The molecule has 0 heterocycles. The van der Waals surface area contributed by atoms with E-state index >= 15 is 0 Å². The summed E-state index contributed by atoms with van der Waals surface area (Å²) >= 11 is 0. The number of halogens is 6. The molecule has 15 heavy (non-hydrogen) atoms. The topological polar surface area (TPSA) is 12.0 Å². The van der Waals surface area contributed by atoms with Gasteiger partial charge in [0, 0.05) is 13.0 Å². The minimum absolute atomic E-state index is 0.0531. The first-order valence-electron chi connectivity index (χ1n) is 4.55. The van der Waals surface area contributed by atoms with Crippen LogP contribution in [0.4, 0.5) is 26.3 Å². The molecule has 0 saturated heterocycles. The molecule has 0 aliphatic carbocycles. The van der Waals surface area contributed by atoms with Crippen LogP contribution in [0.25, 0.3) is 0 Å². The Kier molecular flexibility index (Phi) is 6.00. The lowest BCUT2D eigenvalue weighted by molar-refractivity contribution is -0.135. The molecule has 0 atom stereocenters. The van der Waals surface area contributed by atoms with E-state index in [2.05, 4.69) is 5.32 Å². The summed E-state index contributed by atoms with van der Waals surface area (Å²) in [6, 6.07) is 0. The summed E-state index contributed by atoms with van der Waals surface area (Å²) in [7, 11) is 0. The van der Waals surface area contributed by atoms with Crippen LogP contribution in [0.2, 0.25) is 0 Å². The van der Waals surface area contributed by atoms with Crippen LogP contribution in [0.5, 0.6) is 0 Å². The summed E-state index contributed by atoms with van der Waals surface area (Å²) in [5.74, 6) is 0. The Labute approximate surface area is 83.8 Å². The van der Waals surface area contributed by atoms with Crippen LogP contribution in [-0.4, -0.2) is 25.4 Å². The van der Waals surface area contributed by atoms with E-state index in [1.165, 1.54) is 0 Å². The molecule has 0 aliphatic rings. The molecule has 92 valence electrons. The maximum atomic E-state index is 11.6. The maximum Gasteiger partial charge on any atom is 0.390 e. The molecule has 1 N–H and O–H groups in total. The summed E-state index contributed by atoms with van der Waals surface area (Å²) < 4.78 is 69.6. The number of rotatable bonds is 6. The quantitative estimate of drug-likeness (QED) is 0.552. The fraction of sp³-hybridized carbons (Fsp3) is 1.00. The lowest BCUT2D eigenvalue weighted by atomic mass is 10.2. The van der Waals surface area contributed by atoms with E-state index in [0.29, 0.717) is 0 Å². The van der Waals surface area contributed by atoms with Gasteiger partial charge >= 0.3 is 12.4 Å². The Morgan fingerprint density at radius 3 is 1.67 bits per heavy atom. The summed E-state index contributed by atoms with van der Waals surface area (Å²) in [6.45, 7) is -0.0539. The Morgan fingerprint density at radius 1 is 0.667 bits per heavy atom. The van der Waals surface area contributed by atoms with Gasteiger partial charge in [-0.25, -0.2) is 0 Å². The van der Waals surface area contributed by atoms with Crippen LogP contribution < -0.4 is 5.32 Å². The van der Waals surface area contributed by atoms with Gasteiger partial charge in [0.1, 0.15) is 0 Å². The van der Waals surface area contributed by atoms with Gasteiger partial charge in [-0.3, -0.25) is 0 Å². The molecule has 0 aliphatic heterocycles. The third-order valence-electron chi connectivity index (χ3n) is 1.65. The van der Waals surface area contributed by atoms with E-state index in [-0.39, 0.29) is 25.9 Å². The minimum Gasteiger partial charge on any atom is -0.316 e. The average molecular weight is 237 g/mol. The van der Waals surface area contributed by atoms with Crippen LogP contribution >= 0.6 is 0 Å². The van der Waals surface area contributed by atoms with Gasteiger partial charge in [-0.05, 0) is 19.4 Å². The number of alkyl halides is 6. The third kappa shape index (κ3) is 13.5. The summed E-state index contributed by atoms with van der Waals surface area (Å²) in [5, 5.41) is 2.44. The molecule has 0 bridgehead atoms. The van der Waals surface area contributed by atoms with Crippen LogP contribution in [0.15, 0.2) is 0 Å². The van der Waals surface area contributed by atoms with Crippen molar-refractivity contribution in [3.8, 4) is 0 Å². The molecule has 0 aromatic carbocycles. The molecule has 0 saturated carbocycles. The smallest absolute Gasteiger partial charge is 0.316 e. The molecule has 0 aromatic rings. The van der Waals surface area contributed by atoms with E-state index in [1.807, 2.05) is 0 Å². The van der Waals surface area contributed by atoms with Gasteiger partial charge in [0.25, 0.3) is 0 Å². The highest BCUT2D eigenvalue weighted by molar-refractivity contribution is 4.56. The van der Waals surface area contributed by atoms with Gasteiger partial charge < -0.3 is 5.32 Å². The van der Waals surface area contributed by atoms with E-state index in [1.54, 1.807) is 0 Å². The molecular weight excluding hydrogens is 224 g/mol. The van der Waals surface area contributed by atoms with Gasteiger partial charge in [0.15, 0.2) is 0 Å². The molecule has 0 unspecified atom stereocenters. The van der Waals surface area contributed by atoms with Crippen LogP contribution in [0, 0.1) is 0 Å². The molecule has 0 amide bonds. The molecular formula is C8H13F6N. The fourth-order valence-corrected chi connectivity index (χ4v) is 0.931. The molecule has 7 heteroatoms. The number of hydrogen-bond donors (Lipinski definition) is 1. The van der Waals surface area contributed by atoms with Crippen molar-refractivity contribution in [3.63, 3.8) is 0 Å². The highest BCUT2D eigenvalue weighted by atomic mass is 19.4. The largest absolute Gasteiger partial charge is 0.390 e. The number of nitrogens with one attached hydrogen (secondary N) is 1. The van der Waals surface area contributed by atoms with Crippen LogP contribution in [0.3, 0.4) is 0 Å². The zero-order chi connectivity index (χ0) is 11.9. The van der Waals surface area contributed by atoms with Crippen molar-refractivity contribution < 1.29 is 26.3 Å². The van der Waals surface area contributed by atoms with E-state index in [0.717, 1.165) is 0 Å². The van der Waals surface area contributed by atoms with Crippen molar-refractivity contribution in [2.75, 3.05) is 13.1 Å². The van der Waals surface area contributed by atoms with E-state index < -0.39 is 25.2 Å². The normalized spacial score (nSPS) is 13.2. The first-order chi connectivity index (χ1) is 6.71. The molecule has 0 aromatic heterocycles. The Bertz CT molecular complexity index is 143. The standard InChI is InChI=1S/C8H13F6N/c9-7(10,11)3-1-2-5-15-6-4-8(12,13)14/h15H,1-6H2. The van der Waals surface area contributed by atoms with Gasteiger partial charge in [0.2, 0.25) is 0 Å². The summed E-state index contributed by atoms with van der Waals surface area (Å²) in [6.07, 6.45) is -10.0. The molecule has 0 radical (unpaired) electrons. The summed E-state index contributed by atoms with van der Waals surface area (Å²) in [4.78, 5) is 0. The predicted molar refractivity (Wildman–Crippen MR) is 43.4 cm³/mol. The zero-order valence-corrected chi connectivity index (χ0v) is 8.01. The van der Waals surface area contributed by atoms with Gasteiger partial charge in [-0.15, -0.1) is 0 Å². The number of unbranched alkanes of at least 4 members (excludes halogenated alkanes) is 1. The molecule has 0 fully saturated rings. The molecule has 1 nitrogen and oxygen atoms in total. The second-order valence-corrected chi connectivity index (χ2v) is 3.19. The summed E-state index contributed by atoms with van der Waals surface area (Å²) in [5.41, 5.74) is 0. The van der Waals surface area contributed by atoms with Crippen molar-refractivity contribution >= 4 is 0 Å². The van der Waals surface area contributed by atoms with Crippen LogP contribution in [-0.2, 0) is 0 Å². The first kappa shape index (κ1) is 14.5. The van der Waals surface area contributed by atoms with Crippen LogP contribution in [0.1, 0.15) is 25.7 Å². The second-order valence-electron chi connectivity index (χ2n) is 3.19. The Hall–Kier alpha value is -0.460. The molecule has 0 spiro atoms. The third-order valence-corrected chi connectivity index (χ3v) is 1.65. The van der Waals surface area contributed by atoms with E-state index in [9.17, 15) is 26.3 Å². The average Bonchev–Trinajstić information content (AvgIpc) is 1.98. The lowest BCUT2D eigenvalue weighted by Gasteiger charge is -2.08. The van der Waals surface area contributed by atoms with Crippen molar-refractivity contribution in [3.05, 3.63) is 0 Å². The first-order valence-corrected chi connectivity index (χ1v) is 4.55. The SMILES string of the molecule is FC(F)(F)CCCCNCCC(F)(F)F. The fourth-order valence-electron chi connectivity index (χ4n) is 0.931. The zero-order valence-electron chi connectivity index (χ0n) is 8.01. The Morgan fingerprint density at radius 2 is 1.20 bits per heavy atom. The van der Waals surface area contributed by atoms with Crippen molar-refractivity contribution in [2.45, 2.75) is 38.0 Å². The minimum atomic E-state index is -4.21. The lowest BCUT2D eigenvalue weighted by Crippen LogP contribution is -2.22. The van der Waals surface area contributed by atoms with Gasteiger partial charge in [0.05, 0.1) is 6.42 Å². The van der Waals surface area contributed by atoms with Crippen molar-refractivity contribution in [2.24, 2.45) is 0 Å². The van der Waals surface area contributed by atoms with E-state index in [4.69, 9.17) is 0 Å². The molecule has 0 rings (SSSR count). The van der Waals surface area contributed by atoms with Crippen molar-refractivity contribution in [1.29, 1.82) is 0 Å². The number of hydrogen-bond acceptors (Lipinski definition) is 1. The highest BCUT2D eigenvalue weighted by Crippen LogP contribution is 2.22. The van der Waals surface area contributed by atoms with Gasteiger partial charge in [-0.2, -0.15) is 26.3 Å². The Balaban J connectivity index is 3.20. The highest BCUT2D eigenvalue weighted by Gasteiger charge is 2.26. The van der Waals surface area contributed by atoms with Gasteiger partial charge in [-0.1, -0.05) is 0 Å². The van der Waals surface area contributed by atoms with Crippen molar-refractivity contribution in [1.82, 2.24) is 5.32 Å². The predicted octanol–water partition coefficient (Wildman–Crippen LogP) is 3.26. The maximum absolute atomic E-state index is 11.6. The second kappa shape index (κ2) is 6.19.